The van der Waals surface area contributed by atoms with Crippen molar-refractivity contribution in [1.29, 1.82) is 0 Å². The predicted molar refractivity (Wildman–Crippen MR) is 119 cm³/mol. The zero-order valence-corrected chi connectivity index (χ0v) is 19.3. The van der Waals surface area contributed by atoms with E-state index in [1.807, 2.05) is 37.3 Å². The van der Waals surface area contributed by atoms with Crippen LogP contribution in [0.15, 0.2) is 48.7 Å². The van der Waals surface area contributed by atoms with Crippen LogP contribution in [0, 0.1) is 0 Å². The molecule has 2 heterocycles. The van der Waals surface area contributed by atoms with Crippen molar-refractivity contribution in [1.82, 2.24) is 14.2 Å². The van der Waals surface area contributed by atoms with Crippen molar-refractivity contribution in [2.45, 2.75) is 51.4 Å². The zero-order chi connectivity index (χ0) is 24.1. The summed E-state index contributed by atoms with van der Waals surface area (Å²) in [6.07, 6.45) is -1.59. The van der Waals surface area contributed by atoms with Gasteiger partial charge < -0.3 is 4.90 Å². The van der Waals surface area contributed by atoms with E-state index < -0.39 is 27.7 Å². The molecule has 0 spiro atoms. The van der Waals surface area contributed by atoms with Crippen LogP contribution in [0.5, 0.6) is 0 Å². The molecule has 0 radical (unpaired) electrons. The lowest BCUT2D eigenvalue weighted by Crippen LogP contribution is -2.49. The van der Waals surface area contributed by atoms with Gasteiger partial charge in [-0.15, -0.1) is 0 Å². The SMILES string of the molecule is CCCCS(=O)(=O)N1CCC(N(Cc2ccccc2)C(=O)c2ccc(C(F)(F)F)cn2)CC1. The number of carbonyl (C=O) groups excluding carboxylic acids is 1. The van der Waals surface area contributed by atoms with Gasteiger partial charge in [0.05, 0.1) is 11.3 Å². The molecule has 0 atom stereocenters. The van der Waals surface area contributed by atoms with Crippen LogP contribution in [-0.4, -0.2) is 53.4 Å². The summed E-state index contributed by atoms with van der Waals surface area (Å²) in [5, 5.41) is 0. The summed E-state index contributed by atoms with van der Waals surface area (Å²) in [6, 6.07) is 11.0. The van der Waals surface area contributed by atoms with E-state index in [-0.39, 0.29) is 24.0 Å². The maximum absolute atomic E-state index is 13.3. The molecule has 2 aromatic rings. The number of amides is 1. The molecule has 1 aliphatic heterocycles. The number of aromatic nitrogens is 1. The molecular weight excluding hydrogens is 455 g/mol. The molecule has 0 N–H and O–H groups in total. The number of benzene rings is 1. The summed E-state index contributed by atoms with van der Waals surface area (Å²) in [5.41, 5.74) is -0.119. The third-order valence-corrected chi connectivity index (χ3v) is 7.74. The van der Waals surface area contributed by atoms with Gasteiger partial charge in [0.2, 0.25) is 10.0 Å². The van der Waals surface area contributed by atoms with Crippen molar-refractivity contribution in [2.75, 3.05) is 18.8 Å². The largest absolute Gasteiger partial charge is 0.417 e. The normalized spacial score (nSPS) is 16.0. The molecule has 1 saturated heterocycles. The predicted octanol–water partition coefficient (Wildman–Crippen LogP) is 4.34. The van der Waals surface area contributed by atoms with Gasteiger partial charge in [-0.3, -0.25) is 9.78 Å². The van der Waals surface area contributed by atoms with Crippen LogP contribution >= 0.6 is 0 Å². The van der Waals surface area contributed by atoms with Crippen LogP contribution in [-0.2, 0) is 22.7 Å². The average Bonchev–Trinajstić information content (AvgIpc) is 2.81. The second-order valence-electron chi connectivity index (χ2n) is 8.15. The van der Waals surface area contributed by atoms with E-state index >= 15 is 0 Å². The molecule has 10 heteroatoms. The molecule has 1 aliphatic rings. The van der Waals surface area contributed by atoms with Gasteiger partial charge in [-0.05, 0) is 37.0 Å². The Bertz CT molecular complexity index is 1020. The van der Waals surface area contributed by atoms with Gasteiger partial charge in [0.1, 0.15) is 5.69 Å². The molecule has 6 nitrogen and oxygen atoms in total. The molecule has 33 heavy (non-hydrogen) atoms. The fourth-order valence-electron chi connectivity index (χ4n) is 3.87. The number of nitrogens with zero attached hydrogens (tertiary/aromatic N) is 3. The van der Waals surface area contributed by atoms with Crippen molar-refractivity contribution in [3.05, 3.63) is 65.5 Å². The highest BCUT2D eigenvalue weighted by Crippen LogP contribution is 2.29. The first kappa shape index (κ1) is 25.2. The number of unbranched alkanes of at least 4 members (excludes halogenated alkanes) is 1. The van der Waals surface area contributed by atoms with Crippen molar-refractivity contribution in [2.24, 2.45) is 0 Å². The van der Waals surface area contributed by atoms with E-state index in [2.05, 4.69) is 4.98 Å². The Balaban J connectivity index is 1.78. The molecule has 3 rings (SSSR count). The zero-order valence-electron chi connectivity index (χ0n) is 18.5. The fourth-order valence-corrected chi connectivity index (χ4v) is 5.55. The Hall–Kier alpha value is -2.46. The Kier molecular flexibility index (Phi) is 8.12. The van der Waals surface area contributed by atoms with Gasteiger partial charge in [0.25, 0.3) is 5.91 Å². The Labute approximate surface area is 192 Å². The number of halogens is 3. The number of hydrogen-bond donors (Lipinski definition) is 0. The Morgan fingerprint density at radius 2 is 1.79 bits per heavy atom. The van der Waals surface area contributed by atoms with Gasteiger partial charge in [-0.25, -0.2) is 12.7 Å². The van der Waals surface area contributed by atoms with Crippen LogP contribution in [0.2, 0.25) is 0 Å². The van der Waals surface area contributed by atoms with E-state index in [1.54, 1.807) is 4.90 Å². The maximum Gasteiger partial charge on any atom is 0.417 e. The molecule has 180 valence electrons. The highest BCUT2D eigenvalue weighted by molar-refractivity contribution is 7.89. The van der Waals surface area contributed by atoms with E-state index in [9.17, 15) is 26.4 Å². The second-order valence-corrected chi connectivity index (χ2v) is 10.2. The summed E-state index contributed by atoms with van der Waals surface area (Å²) >= 11 is 0. The Morgan fingerprint density at radius 3 is 2.33 bits per heavy atom. The van der Waals surface area contributed by atoms with Gasteiger partial charge in [0, 0.05) is 31.9 Å². The third-order valence-electron chi connectivity index (χ3n) is 5.78. The molecule has 1 fully saturated rings. The van der Waals surface area contributed by atoms with E-state index in [1.165, 1.54) is 4.31 Å². The van der Waals surface area contributed by atoms with Crippen molar-refractivity contribution in [3.63, 3.8) is 0 Å². The first-order chi connectivity index (χ1) is 15.6. The number of carbonyl (C=O) groups is 1. The summed E-state index contributed by atoms with van der Waals surface area (Å²) in [5.74, 6) is -0.365. The first-order valence-corrected chi connectivity index (χ1v) is 12.6. The quantitative estimate of drug-likeness (QED) is 0.560. The summed E-state index contributed by atoms with van der Waals surface area (Å²) in [4.78, 5) is 18.7. The number of piperidine rings is 1. The average molecular weight is 484 g/mol. The van der Waals surface area contributed by atoms with E-state index in [0.717, 1.165) is 24.1 Å². The molecule has 1 amide bonds. The highest BCUT2D eigenvalue weighted by atomic mass is 32.2. The van der Waals surface area contributed by atoms with Crippen LogP contribution in [0.1, 0.15) is 54.2 Å². The van der Waals surface area contributed by atoms with Crippen molar-refractivity contribution in [3.8, 4) is 0 Å². The number of sulfonamides is 1. The highest BCUT2D eigenvalue weighted by Gasteiger charge is 2.34. The van der Waals surface area contributed by atoms with Gasteiger partial charge in [-0.2, -0.15) is 13.2 Å². The molecule has 0 aliphatic carbocycles. The van der Waals surface area contributed by atoms with Gasteiger partial charge in [-0.1, -0.05) is 43.7 Å². The molecule has 1 aromatic heterocycles. The standard InChI is InChI=1S/C23H28F3N3O3S/c1-2-3-15-33(31,32)28-13-11-20(12-14-28)29(17-18-7-5-4-6-8-18)22(30)21-10-9-19(16-27-21)23(24,25)26/h4-10,16,20H,2-3,11-15,17H2,1H3. The maximum atomic E-state index is 13.3. The smallest absolute Gasteiger partial charge is 0.330 e. The van der Waals surface area contributed by atoms with Crippen LogP contribution in [0.4, 0.5) is 13.2 Å². The summed E-state index contributed by atoms with van der Waals surface area (Å²) < 4.78 is 65.2. The number of pyridine rings is 1. The number of rotatable bonds is 8. The third kappa shape index (κ3) is 6.54. The fraction of sp³-hybridized carbons (Fsp3) is 0.478. The molecular formula is C23H28F3N3O3S. The van der Waals surface area contributed by atoms with Crippen molar-refractivity contribution < 1.29 is 26.4 Å². The minimum atomic E-state index is -4.53. The van der Waals surface area contributed by atoms with Gasteiger partial charge in [0.15, 0.2) is 0 Å². The first-order valence-electron chi connectivity index (χ1n) is 11.0. The molecule has 0 unspecified atom stereocenters. The van der Waals surface area contributed by atoms with Crippen molar-refractivity contribution >= 4 is 15.9 Å². The monoisotopic (exact) mass is 483 g/mol. The second kappa shape index (κ2) is 10.6. The lowest BCUT2D eigenvalue weighted by molar-refractivity contribution is -0.137. The summed E-state index contributed by atoms with van der Waals surface area (Å²) in [7, 11) is -3.33. The van der Waals surface area contributed by atoms with Gasteiger partial charge >= 0.3 is 6.18 Å². The van der Waals surface area contributed by atoms with E-state index in [4.69, 9.17) is 0 Å². The molecule has 0 saturated carbocycles. The van der Waals surface area contributed by atoms with Crippen LogP contribution < -0.4 is 0 Å². The summed E-state index contributed by atoms with van der Waals surface area (Å²) in [6.45, 7) is 2.80. The Morgan fingerprint density at radius 1 is 1.12 bits per heavy atom. The molecule has 0 bridgehead atoms. The lowest BCUT2D eigenvalue weighted by Gasteiger charge is -2.38. The molecule has 1 aromatic carbocycles. The van der Waals surface area contributed by atoms with E-state index in [0.29, 0.717) is 38.5 Å². The van der Waals surface area contributed by atoms with Crippen LogP contribution in [0.3, 0.4) is 0 Å². The topological polar surface area (TPSA) is 70.6 Å². The minimum absolute atomic E-state index is 0.0723. The lowest BCUT2D eigenvalue weighted by atomic mass is 10.0. The number of alkyl halides is 3. The minimum Gasteiger partial charge on any atom is -0.330 e. The van der Waals surface area contributed by atoms with Crippen LogP contribution in [0.25, 0.3) is 0 Å². The number of hydrogen-bond acceptors (Lipinski definition) is 4.